The number of benzene rings is 1. The fourth-order valence-corrected chi connectivity index (χ4v) is 2.43. The molecule has 0 aliphatic carbocycles. The topological polar surface area (TPSA) is 79.2 Å². The molecule has 1 unspecified atom stereocenters. The summed E-state index contributed by atoms with van der Waals surface area (Å²) < 4.78 is 10.3. The van der Waals surface area contributed by atoms with Crippen molar-refractivity contribution in [2.75, 3.05) is 33.4 Å². The Labute approximate surface area is 117 Å². The number of ether oxygens (including phenoxy) is 2. The van der Waals surface area contributed by atoms with Crippen LogP contribution in [0.25, 0.3) is 0 Å². The maximum absolute atomic E-state index is 11.8. The van der Waals surface area contributed by atoms with E-state index < -0.39 is 11.5 Å². The van der Waals surface area contributed by atoms with Crippen molar-refractivity contribution in [1.82, 2.24) is 4.90 Å². The molecule has 2 N–H and O–H groups in total. The Morgan fingerprint density at radius 3 is 2.60 bits per heavy atom. The minimum atomic E-state index is -1.18. The number of morpholine rings is 1. The lowest BCUT2D eigenvalue weighted by Gasteiger charge is -2.40. The molecule has 1 aromatic carbocycles. The van der Waals surface area contributed by atoms with Gasteiger partial charge in [-0.3, -0.25) is 4.90 Å². The van der Waals surface area contributed by atoms with Crippen LogP contribution in [0, 0.1) is 0 Å². The van der Waals surface area contributed by atoms with Crippen molar-refractivity contribution in [3.63, 3.8) is 0 Å². The lowest BCUT2D eigenvalue weighted by Crippen LogP contribution is -2.54. The minimum absolute atomic E-state index is 0.00836. The van der Waals surface area contributed by atoms with Crippen LogP contribution in [-0.2, 0) is 15.1 Å². The molecule has 1 aliphatic heterocycles. The number of carbonyl (C=O) groups is 1. The molecule has 0 radical (unpaired) electrons. The molecule has 1 heterocycles. The molecule has 110 valence electrons. The van der Waals surface area contributed by atoms with Gasteiger partial charge in [0.05, 0.1) is 20.3 Å². The molecule has 1 saturated heterocycles. The van der Waals surface area contributed by atoms with Gasteiger partial charge in [-0.2, -0.15) is 0 Å². The van der Waals surface area contributed by atoms with E-state index in [0.29, 0.717) is 31.9 Å². The monoisotopic (exact) mass is 281 g/mol. The van der Waals surface area contributed by atoms with E-state index in [9.17, 15) is 15.0 Å². The van der Waals surface area contributed by atoms with Crippen molar-refractivity contribution in [1.29, 1.82) is 0 Å². The van der Waals surface area contributed by atoms with Crippen molar-refractivity contribution in [2.24, 2.45) is 0 Å². The number of carboxylic acids is 1. The molecule has 20 heavy (non-hydrogen) atoms. The van der Waals surface area contributed by atoms with E-state index in [4.69, 9.17) is 9.47 Å². The number of aromatic hydroxyl groups is 1. The summed E-state index contributed by atoms with van der Waals surface area (Å²) in [6, 6.07) is 4.64. The largest absolute Gasteiger partial charge is 0.504 e. The van der Waals surface area contributed by atoms with Crippen LogP contribution in [-0.4, -0.2) is 54.5 Å². The Kier molecular flexibility index (Phi) is 4.15. The van der Waals surface area contributed by atoms with Gasteiger partial charge in [-0.15, -0.1) is 0 Å². The van der Waals surface area contributed by atoms with E-state index in [1.54, 1.807) is 19.1 Å². The van der Waals surface area contributed by atoms with Gasteiger partial charge in [-0.1, -0.05) is 6.07 Å². The summed E-state index contributed by atoms with van der Waals surface area (Å²) in [4.78, 5) is 13.7. The number of hydrogen-bond acceptors (Lipinski definition) is 5. The third kappa shape index (κ3) is 2.44. The van der Waals surface area contributed by atoms with Crippen LogP contribution in [0.5, 0.6) is 11.5 Å². The predicted octanol–water partition coefficient (Wildman–Crippen LogP) is 1.03. The van der Waals surface area contributed by atoms with Gasteiger partial charge in [0, 0.05) is 13.1 Å². The summed E-state index contributed by atoms with van der Waals surface area (Å²) in [5.41, 5.74) is -0.605. The first-order chi connectivity index (χ1) is 9.50. The zero-order chi connectivity index (χ0) is 14.8. The number of carboxylic acid groups (broad SMARTS) is 1. The van der Waals surface area contributed by atoms with Gasteiger partial charge >= 0.3 is 5.97 Å². The maximum Gasteiger partial charge on any atom is 0.328 e. The zero-order valence-electron chi connectivity index (χ0n) is 11.6. The van der Waals surface area contributed by atoms with Crippen LogP contribution in [0.15, 0.2) is 18.2 Å². The van der Waals surface area contributed by atoms with Crippen molar-refractivity contribution < 1.29 is 24.5 Å². The van der Waals surface area contributed by atoms with Crippen LogP contribution < -0.4 is 4.74 Å². The molecule has 6 heteroatoms. The number of rotatable bonds is 4. The third-order valence-electron chi connectivity index (χ3n) is 3.80. The Balaban J connectivity index is 2.44. The van der Waals surface area contributed by atoms with Gasteiger partial charge in [0.1, 0.15) is 5.54 Å². The second-order valence-corrected chi connectivity index (χ2v) is 4.86. The molecule has 0 saturated carbocycles. The van der Waals surface area contributed by atoms with Gasteiger partial charge in [0.15, 0.2) is 11.5 Å². The standard InChI is InChI=1S/C14H19NO5/c1-14(13(17)18,15-5-7-20-8-6-15)10-3-4-11(16)12(9-10)19-2/h3-4,9,16H,5-8H2,1-2H3,(H,17,18). The molecule has 0 aromatic heterocycles. The molecule has 0 amide bonds. The number of methoxy groups -OCH3 is 1. The summed E-state index contributed by atoms with van der Waals surface area (Å²) in [7, 11) is 1.44. The van der Waals surface area contributed by atoms with E-state index in [1.807, 2.05) is 4.90 Å². The highest BCUT2D eigenvalue weighted by molar-refractivity contribution is 5.80. The molecule has 1 aliphatic rings. The SMILES string of the molecule is COc1cc(C(C)(C(=O)O)N2CCOCC2)ccc1O. The fourth-order valence-electron chi connectivity index (χ4n) is 2.43. The highest BCUT2D eigenvalue weighted by Gasteiger charge is 2.42. The highest BCUT2D eigenvalue weighted by Crippen LogP contribution is 2.35. The molecular weight excluding hydrogens is 262 g/mol. The summed E-state index contributed by atoms with van der Waals surface area (Å²) >= 11 is 0. The molecular formula is C14H19NO5. The second-order valence-electron chi connectivity index (χ2n) is 4.86. The molecule has 2 rings (SSSR count). The average Bonchev–Trinajstić information content (AvgIpc) is 2.47. The number of aliphatic carboxylic acids is 1. The minimum Gasteiger partial charge on any atom is -0.504 e. The van der Waals surface area contributed by atoms with Crippen LogP contribution in [0.3, 0.4) is 0 Å². The van der Waals surface area contributed by atoms with Crippen molar-refractivity contribution in [3.05, 3.63) is 23.8 Å². The van der Waals surface area contributed by atoms with Crippen molar-refractivity contribution in [2.45, 2.75) is 12.5 Å². The van der Waals surface area contributed by atoms with E-state index in [0.717, 1.165) is 0 Å². The Morgan fingerprint density at radius 1 is 1.40 bits per heavy atom. The lowest BCUT2D eigenvalue weighted by molar-refractivity contribution is -0.154. The van der Waals surface area contributed by atoms with Crippen molar-refractivity contribution in [3.8, 4) is 11.5 Å². The average molecular weight is 281 g/mol. The summed E-state index contributed by atoms with van der Waals surface area (Å²) in [5.74, 6) is -0.679. The third-order valence-corrected chi connectivity index (χ3v) is 3.80. The van der Waals surface area contributed by atoms with Crippen LogP contribution >= 0.6 is 0 Å². The number of nitrogens with zero attached hydrogens (tertiary/aromatic N) is 1. The predicted molar refractivity (Wildman–Crippen MR) is 72.0 cm³/mol. The number of hydrogen-bond donors (Lipinski definition) is 2. The number of phenols is 1. The van der Waals surface area contributed by atoms with Crippen molar-refractivity contribution >= 4 is 5.97 Å². The Hall–Kier alpha value is -1.79. The summed E-state index contributed by atoms with van der Waals surface area (Å²) in [6.45, 7) is 3.78. The summed E-state index contributed by atoms with van der Waals surface area (Å²) in [6.07, 6.45) is 0. The molecule has 1 atom stereocenters. The van der Waals surface area contributed by atoms with Crippen LogP contribution in [0.2, 0.25) is 0 Å². The van der Waals surface area contributed by atoms with Gasteiger partial charge < -0.3 is 19.7 Å². The fraction of sp³-hybridized carbons (Fsp3) is 0.500. The molecule has 6 nitrogen and oxygen atoms in total. The molecule has 0 bridgehead atoms. The van der Waals surface area contributed by atoms with Crippen LogP contribution in [0.4, 0.5) is 0 Å². The second kappa shape index (κ2) is 5.68. The Morgan fingerprint density at radius 2 is 2.05 bits per heavy atom. The lowest BCUT2D eigenvalue weighted by atomic mass is 9.89. The molecule has 0 spiro atoms. The van der Waals surface area contributed by atoms with Gasteiger partial charge in [0.25, 0.3) is 0 Å². The zero-order valence-corrected chi connectivity index (χ0v) is 11.6. The smallest absolute Gasteiger partial charge is 0.328 e. The maximum atomic E-state index is 11.8. The van der Waals surface area contributed by atoms with E-state index in [1.165, 1.54) is 13.2 Å². The van der Waals surface area contributed by atoms with Gasteiger partial charge in [0.2, 0.25) is 0 Å². The Bertz CT molecular complexity index is 498. The first-order valence-electron chi connectivity index (χ1n) is 6.44. The number of phenolic OH excluding ortho intramolecular Hbond substituents is 1. The van der Waals surface area contributed by atoms with Crippen LogP contribution in [0.1, 0.15) is 12.5 Å². The van der Waals surface area contributed by atoms with E-state index in [2.05, 4.69) is 0 Å². The summed E-state index contributed by atoms with van der Waals surface area (Å²) in [5, 5.41) is 19.3. The highest BCUT2D eigenvalue weighted by atomic mass is 16.5. The quantitative estimate of drug-likeness (QED) is 0.858. The first-order valence-corrected chi connectivity index (χ1v) is 6.44. The molecule has 1 aromatic rings. The first kappa shape index (κ1) is 14.6. The normalized spacial score (nSPS) is 19.3. The van der Waals surface area contributed by atoms with E-state index in [-0.39, 0.29) is 11.5 Å². The van der Waals surface area contributed by atoms with Gasteiger partial charge in [-0.05, 0) is 24.6 Å². The van der Waals surface area contributed by atoms with Gasteiger partial charge in [-0.25, -0.2) is 4.79 Å². The molecule has 1 fully saturated rings. The van der Waals surface area contributed by atoms with E-state index >= 15 is 0 Å².